The lowest BCUT2D eigenvalue weighted by molar-refractivity contribution is 0.146. The van der Waals surface area contributed by atoms with Crippen LogP contribution >= 0.6 is 0 Å². The highest BCUT2D eigenvalue weighted by Crippen LogP contribution is 2.31. The van der Waals surface area contributed by atoms with Crippen LogP contribution in [0.4, 0.5) is 5.82 Å². The van der Waals surface area contributed by atoms with Gasteiger partial charge in [-0.15, -0.1) is 0 Å². The minimum Gasteiger partial charge on any atom is -0.381 e. The van der Waals surface area contributed by atoms with E-state index in [9.17, 15) is 13.2 Å². The molecule has 0 atom stereocenters. The van der Waals surface area contributed by atoms with Crippen molar-refractivity contribution >= 4 is 26.6 Å². The Morgan fingerprint density at radius 3 is 2.80 bits per heavy atom. The lowest BCUT2D eigenvalue weighted by atomic mass is 10.0. The van der Waals surface area contributed by atoms with Crippen molar-refractivity contribution in [1.82, 2.24) is 14.5 Å². The van der Waals surface area contributed by atoms with Gasteiger partial charge in [0.05, 0.1) is 29.0 Å². The summed E-state index contributed by atoms with van der Waals surface area (Å²) in [5.74, 6) is 0.499. The van der Waals surface area contributed by atoms with Crippen molar-refractivity contribution in [3.63, 3.8) is 0 Å². The summed E-state index contributed by atoms with van der Waals surface area (Å²) in [5, 5.41) is 3.80. The highest BCUT2D eigenvalue weighted by atomic mass is 32.2. The topological polar surface area (TPSA) is 103 Å². The number of aromatic nitrogens is 3. The molecule has 35 heavy (non-hydrogen) atoms. The molecule has 3 heterocycles. The van der Waals surface area contributed by atoms with E-state index in [4.69, 9.17) is 9.72 Å². The summed E-state index contributed by atoms with van der Waals surface area (Å²) >= 11 is 0. The maximum absolute atomic E-state index is 12.8. The van der Waals surface area contributed by atoms with Crippen molar-refractivity contribution in [2.45, 2.75) is 49.5 Å². The van der Waals surface area contributed by atoms with Crippen LogP contribution in [0.5, 0.6) is 0 Å². The molecule has 1 saturated heterocycles. The lowest BCUT2D eigenvalue weighted by Gasteiger charge is -2.13. The van der Waals surface area contributed by atoms with E-state index in [-0.39, 0.29) is 5.56 Å². The van der Waals surface area contributed by atoms with Gasteiger partial charge in [0.15, 0.2) is 9.84 Å². The summed E-state index contributed by atoms with van der Waals surface area (Å²) in [6.45, 7) is 1.49. The molecular formula is C26H30N4O4S. The molecule has 1 N–H and O–H groups in total. The van der Waals surface area contributed by atoms with Gasteiger partial charge in [-0.05, 0) is 56.2 Å². The minimum absolute atomic E-state index is 0.165. The summed E-state index contributed by atoms with van der Waals surface area (Å²) in [7, 11) is -1.80. The smallest absolute Gasteiger partial charge is 0.264 e. The average molecular weight is 495 g/mol. The number of sulfone groups is 1. The zero-order valence-electron chi connectivity index (χ0n) is 20.1. The van der Waals surface area contributed by atoms with Crippen LogP contribution in [0.25, 0.3) is 22.2 Å². The zero-order chi connectivity index (χ0) is 24.6. The summed E-state index contributed by atoms with van der Waals surface area (Å²) in [4.78, 5) is 22.3. The Hall–Kier alpha value is -3.04. The first kappa shape index (κ1) is 23.7. The molecule has 0 radical (unpaired) electrons. The van der Waals surface area contributed by atoms with Gasteiger partial charge in [0, 0.05) is 31.5 Å². The number of benzene rings is 1. The molecule has 3 aromatic rings. The molecule has 8 nitrogen and oxygen atoms in total. The third-order valence-electron chi connectivity index (χ3n) is 6.55. The Bertz CT molecular complexity index is 1460. The van der Waals surface area contributed by atoms with E-state index in [1.807, 2.05) is 12.1 Å². The second-order valence-electron chi connectivity index (χ2n) is 9.46. The molecule has 1 aliphatic heterocycles. The predicted octanol–water partition coefficient (Wildman–Crippen LogP) is 3.64. The van der Waals surface area contributed by atoms with Crippen molar-refractivity contribution in [1.29, 1.82) is 0 Å². The first-order valence-corrected chi connectivity index (χ1v) is 13.9. The number of ether oxygens (including phenoxy) is 1. The van der Waals surface area contributed by atoms with E-state index >= 15 is 0 Å². The van der Waals surface area contributed by atoms with Gasteiger partial charge in [0.2, 0.25) is 0 Å². The monoisotopic (exact) mass is 494 g/mol. The molecule has 184 valence electrons. The van der Waals surface area contributed by atoms with E-state index < -0.39 is 9.84 Å². The fraction of sp³-hybridized carbons (Fsp3) is 0.423. The van der Waals surface area contributed by atoms with Gasteiger partial charge < -0.3 is 14.6 Å². The number of nitrogens with zero attached hydrogens (tertiary/aromatic N) is 3. The van der Waals surface area contributed by atoms with Crippen LogP contribution in [0, 0.1) is 0 Å². The molecule has 0 bridgehead atoms. The standard InChI is InChI=1S/C26H30N4O4S/c1-30-16-27-22-15-21(29-25(24(22)26(30)31)28-20-9-10-20)19-8-7-18(23(14-19)35(2,32)33)6-5-17-4-3-12-34-13-11-17/h5,7-8,14-16,20H,3-4,6,9-13H2,1-2H3,(H,28,29)/b17-5-. The van der Waals surface area contributed by atoms with E-state index in [2.05, 4.69) is 16.4 Å². The molecule has 9 heteroatoms. The molecule has 1 aliphatic carbocycles. The van der Waals surface area contributed by atoms with Gasteiger partial charge in [0.1, 0.15) is 11.2 Å². The highest BCUT2D eigenvalue weighted by molar-refractivity contribution is 7.90. The van der Waals surface area contributed by atoms with Crippen LogP contribution < -0.4 is 10.9 Å². The Labute approximate surface area is 205 Å². The largest absolute Gasteiger partial charge is 0.381 e. The van der Waals surface area contributed by atoms with Crippen molar-refractivity contribution in [2.75, 3.05) is 24.8 Å². The first-order valence-electron chi connectivity index (χ1n) is 12.0. The van der Waals surface area contributed by atoms with Crippen LogP contribution in [0.3, 0.4) is 0 Å². The molecule has 0 spiro atoms. The van der Waals surface area contributed by atoms with Crippen molar-refractivity contribution in [2.24, 2.45) is 7.05 Å². The van der Waals surface area contributed by atoms with Crippen LogP contribution in [0.15, 0.2) is 51.9 Å². The average Bonchev–Trinajstić information content (AvgIpc) is 3.67. The fourth-order valence-corrected chi connectivity index (χ4v) is 5.38. The molecule has 2 aromatic heterocycles. The minimum atomic E-state index is -3.46. The second-order valence-corrected chi connectivity index (χ2v) is 11.4. The van der Waals surface area contributed by atoms with E-state index in [0.717, 1.165) is 44.3 Å². The summed E-state index contributed by atoms with van der Waals surface area (Å²) in [5.41, 5.74) is 3.70. The van der Waals surface area contributed by atoms with E-state index in [0.29, 0.717) is 51.9 Å². The van der Waals surface area contributed by atoms with Gasteiger partial charge in [-0.25, -0.2) is 18.4 Å². The Kier molecular flexibility index (Phi) is 6.46. The third kappa shape index (κ3) is 5.31. The van der Waals surface area contributed by atoms with Gasteiger partial charge in [-0.3, -0.25) is 4.79 Å². The predicted molar refractivity (Wildman–Crippen MR) is 136 cm³/mol. The van der Waals surface area contributed by atoms with Crippen LogP contribution in [0.1, 0.15) is 37.7 Å². The summed E-state index contributed by atoms with van der Waals surface area (Å²) in [6, 6.07) is 7.50. The Morgan fingerprint density at radius 2 is 2.03 bits per heavy atom. The molecule has 2 fully saturated rings. The number of rotatable bonds is 6. The number of aryl methyl sites for hydroxylation is 1. The number of pyridine rings is 1. The number of allylic oxidation sites excluding steroid dienone is 1. The number of hydrogen-bond donors (Lipinski definition) is 1. The molecule has 1 aromatic carbocycles. The number of fused-ring (bicyclic) bond motifs is 1. The zero-order valence-corrected chi connectivity index (χ0v) is 20.9. The lowest BCUT2D eigenvalue weighted by Crippen LogP contribution is -2.19. The molecular weight excluding hydrogens is 464 g/mol. The van der Waals surface area contributed by atoms with Crippen molar-refractivity contribution < 1.29 is 13.2 Å². The van der Waals surface area contributed by atoms with E-state index in [1.54, 1.807) is 19.2 Å². The second kappa shape index (κ2) is 9.54. The van der Waals surface area contributed by atoms with Crippen LogP contribution in [-0.2, 0) is 28.0 Å². The number of hydrogen-bond acceptors (Lipinski definition) is 7. The fourth-order valence-electron chi connectivity index (χ4n) is 4.41. The van der Waals surface area contributed by atoms with E-state index in [1.165, 1.54) is 22.7 Å². The molecule has 1 saturated carbocycles. The maximum atomic E-state index is 12.8. The van der Waals surface area contributed by atoms with Gasteiger partial charge in [-0.2, -0.15) is 0 Å². The first-order chi connectivity index (χ1) is 16.8. The normalized spacial score (nSPS) is 18.1. The Balaban J connectivity index is 1.56. The van der Waals surface area contributed by atoms with Crippen molar-refractivity contribution in [3.05, 3.63) is 58.2 Å². The number of nitrogens with one attached hydrogen (secondary N) is 1. The summed E-state index contributed by atoms with van der Waals surface area (Å²) < 4.78 is 32.4. The summed E-state index contributed by atoms with van der Waals surface area (Å²) in [6.07, 6.45) is 10.3. The van der Waals surface area contributed by atoms with Gasteiger partial charge in [-0.1, -0.05) is 23.8 Å². The van der Waals surface area contributed by atoms with Crippen LogP contribution in [-0.4, -0.2) is 48.5 Å². The number of anilines is 1. The van der Waals surface area contributed by atoms with Gasteiger partial charge >= 0.3 is 0 Å². The quantitative estimate of drug-likeness (QED) is 0.522. The SMILES string of the molecule is Cn1cnc2cc(-c3ccc(C/C=C4/CCCOCC4)c(S(C)(=O)=O)c3)nc(NC3CC3)c2c1=O. The molecule has 0 unspecified atom stereocenters. The third-order valence-corrected chi connectivity index (χ3v) is 7.73. The molecule has 2 aliphatic rings. The van der Waals surface area contributed by atoms with Gasteiger partial charge in [0.25, 0.3) is 5.56 Å². The Morgan fingerprint density at radius 1 is 1.20 bits per heavy atom. The molecule has 5 rings (SSSR count). The maximum Gasteiger partial charge on any atom is 0.264 e. The van der Waals surface area contributed by atoms with Crippen LogP contribution in [0.2, 0.25) is 0 Å². The highest BCUT2D eigenvalue weighted by Gasteiger charge is 2.24. The molecule has 0 amide bonds. The van der Waals surface area contributed by atoms with Crippen molar-refractivity contribution in [3.8, 4) is 11.3 Å².